The van der Waals surface area contributed by atoms with Crippen molar-refractivity contribution < 1.29 is 8.42 Å². The molecule has 5 heteroatoms. The van der Waals surface area contributed by atoms with Crippen molar-refractivity contribution in [1.82, 2.24) is 4.72 Å². The molecule has 0 fully saturated rings. The van der Waals surface area contributed by atoms with E-state index in [1.165, 1.54) is 0 Å². The molecule has 1 aromatic carbocycles. The van der Waals surface area contributed by atoms with Crippen LogP contribution in [0, 0.1) is 5.92 Å². The summed E-state index contributed by atoms with van der Waals surface area (Å²) in [7, 11) is -3.38. The first kappa shape index (κ1) is 15.1. The van der Waals surface area contributed by atoms with Crippen molar-refractivity contribution >= 4 is 10.0 Å². The van der Waals surface area contributed by atoms with Gasteiger partial charge in [-0.1, -0.05) is 31.5 Å². The second-order valence-corrected chi connectivity index (χ2v) is 6.16. The van der Waals surface area contributed by atoms with Crippen LogP contribution in [0.1, 0.15) is 26.2 Å². The fraction of sp³-hybridized carbons (Fsp3) is 0.538. The van der Waals surface area contributed by atoms with E-state index < -0.39 is 10.0 Å². The molecule has 0 aromatic heterocycles. The van der Waals surface area contributed by atoms with Crippen LogP contribution in [-0.4, -0.2) is 21.5 Å². The van der Waals surface area contributed by atoms with E-state index in [4.69, 9.17) is 5.73 Å². The molecule has 0 aliphatic heterocycles. The Morgan fingerprint density at radius 1 is 1.22 bits per heavy atom. The van der Waals surface area contributed by atoms with Crippen LogP contribution in [0.4, 0.5) is 0 Å². The molecule has 3 N–H and O–H groups in total. The summed E-state index contributed by atoms with van der Waals surface area (Å²) in [5.74, 6) is 0.318. The maximum atomic E-state index is 12.0. The molecular formula is C13H22N2O2S. The Bertz CT molecular complexity index is 426. The summed E-state index contributed by atoms with van der Waals surface area (Å²) in [6.07, 6.45) is 2.89. The van der Waals surface area contributed by atoms with E-state index in [-0.39, 0.29) is 0 Å². The lowest BCUT2D eigenvalue weighted by atomic mass is 10.0. The molecule has 102 valence electrons. The van der Waals surface area contributed by atoms with Gasteiger partial charge in [0.25, 0.3) is 0 Å². The summed E-state index contributed by atoms with van der Waals surface area (Å²) >= 11 is 0. The summed E-state index contributed by atoms with van der Waals surface area (Å²) in [6.45, 7) is 3.15. The third kappa shape index (κ3) is 4.76. The van der Waals surface area contributed by atoms with Gasteiger partial charge in [0, 0.05) is 6.54 Å². The maximum Gasteiger partial charge on any atom is 0.240 e. The summed E-state index contributed by atoms with van der Waals surface area (Å²) < 4.78 is 26.7. The molecule has 0 aliphatic carbocycles. The molecule has 0 aliphatic rings. The lowest BCUT2D eigenvalue weighted by Crippen LogP contribution is -2.30. The molecule has 1 unspecified atom stereocenters. The van der Waals surface area contributed by atoms with Gasteiger partial charge < -0.3 is 5.73 Å². The molecule has 4 nitrogen and oxygen atoms in total. The van der Waals surface area contributed by atoms with Crippen LogP contribution >= 0.6 is 0 Å². The average molecular weight is 270 g/mol. The van der Waals surface area contributed by atoms with E-state index in [1.54, 1.807) is 30.3 Å². The summed E-state index contributed by atoms with van der Waals surface area (Å²) in [5.41, 5.74) is 5.53. The Hall–Kier alpha value is -0.910. The molecule has 0 radical (unpaired) electrons. The number of hydrogen-bond acceptors (Lipinski definition) is 3. The third-order valence-electron chi connectivity index (χ3n) is 2.89. The molecule has 1 atom stereocenters. The molecule has 1 aromatic rings. The molecule has 0 bridgehead atoms. The van der Waals surface area contributed by atoms with E-state index in [0.29, 0.717) is 23.9 Å². The minimum atomic E-state index is -3.38. The highest BCUT2D eigenvalue weighted by Crippen LogP contribution is 2.12. The number of benzene rings is 1. The molecule has 0 amide bonds. The molecule has 1 rings (SSSR count). The normalized spacial score (nSPS) is 13.4. The fourth-order valence-corrected chi connectivity index (χ4v) is 3.04. The minimum absolute atomic E-state index is 0.313. The zero-order valence-electron chi connectivity index (χ0n) is 10.8. The Morgan fingerprint density at radius 3 is 2.44 bits per heavy atom. The molecule has 0 heterocycles. The number of rotatable bonds is 8. The van der Waals surface area contributed by atoms with E-state index in [1.807, 2.05) is 0 Å². The zero-order chi connectivity index (χ0) is 13.4. The van der Waals surface area contributed by atoms with Crippen LogP contribution < -0.4 is 10.5 Å². The Labute approximate surface area is 110 Å². The summed E-state index contributed by atoms with van der Waals surface area (Å²) in [5, 5.41) is 0. The predicted molar refractivity (Wildman–Crippen MR) is 73.7 cm³/mol. The van der Waals surface area contributed by atoms with Crippen molar-refractivity contribution in [2.24, 2.45) is 11.7 Å². The number of nitrogens with one attached hydrogen (secondary N) is 1. The molecule has 0 saturated heterocycles. The van der Waals surface area contributed by atoms with Gasteiger partial charge in [-0.3, -0.25) is 0 Å². The van der Waals surface area contributed by atoms with Crippen LogP contribution in [-0.2, 0) is 10.0 Å². The van der Waals surface area contributed by atoms with Crippen LogP contribution in [0.5, 0.6) is 0 Å². The third-order valence-corrected chi connectivity index (χ3v) is 4.33. The fourth-order valence-electron chi connectivity index (χ4n) is 1.90. The van der Waals surface area contributed by atoms with Gasteiger partial charge in [0.05, 0.1) is 4.90 Å². The van der Waals surface area contributed by atoms with Gasteiger partial charge in [0.15, 0.2) is 0 Å². The second kappa shape index (κ2) is 7.51. The van der Waals surface area contributed by atoms with E-state index >= 15 is 0 Å². The van der Waals surface area contributed by atoms with Crippen LogP contribution in [0.2, 0.25) is 0 Å². The van der Waals surface area contributed by atoms with Gasteiger partial charge in [-0.05, 0) is 37.4 Å². The maximum absolute atomic E-state index is 12.0. The van der Waals surface area contributed by atoms with Gasteiger partial charge in [-0.2, -0.15) is 0 Å². The van der Waals surface area contributed by atoms with Crippen molar-refractivity contribution in [3.8, 4) is 0 Å². The largest absolute Gasteiger partial charge is 0.330 e. The predicted octanol–water partition coefficient (Wildman–Crippen LogP) is 1.73. The van der Waals surface area contributed by atoms with Gasteiger partial charge in [-0.25, -0.2) is 13.1 Å². The van der Waals surface area contributed by atoms with E-state index in [9.17, 15) is 8.42 Å². The van der Waals surface area contributed by atoms with Gasteiger partial charge in [0.1, 0.15) is 0 Å². The average Bonchev–Trinajstić information content (AvgIpc) is 2.38. The van der Waals surface area contributed by atoms with E-state index in [0.717, 1.165) is 19.3 Å². The minimum Gasteiger partial charge on any atom is -0.330 e. The van der Waals surface area contributed by atoms with Crippen molar-refractivity contribution in [1.29, 1.82) is 0 Å². The van der Waals surface area contributed by atoms with Crippen molar-refractivity contribution in [3.05, 3.63) is 30.3 Å². The Morgan fingerprint density at radius 2 is 1.89 bits per heavy atom. The van der Waals surface area contributed by atoms with Gasteiger partial charge in [0.2, 0.25) is 10.0 Å². The summed E-state index contributed by atoms with van der Waals surface area (Å²) in [4.78, 5) is 0.313. The van der Waals surface area contributed by atoms with Crippen molar-refractivity contribution in [2.75, 3.05) is 13.1 Å². The molecule has 0 saturated carbocycles. The lowest BCUT2D eigenvalue weighted by molar-refractivity contribution is 0.443. The smallest absolute Gasteiger partial charge is 0.240 e. The van der Waals surface area contributed by atoms with E-state index in [2.05, 4.69) is 11.6 Å². The molecule has 18 heavy (non-hydrogen) atoms. The highest BCUT2D eigenvalue weighted by molar-refractivity contribution is 7.89. The monoisotopic (exact) mass is 270 g/mol. The topological polar surface area (TPSA) is 72.2 Å². The first-order valence-corrected chi connectivity index (χ1v) is 7.83. The first-order valence-electron chi connectivity index (χ1n) is 6.35. The molecular weight excluding hydrogens is 248 g/mol. The highest BCUT2D eigenvalue weighted by atomic mass is 32.2. The quantitative estimate of drug-likeness (QED) is 0.755. The Kier molecular flexibility index (Phi) is 6.32. The van der Waals surface area contributed by atoms with Crippen LogP contribution in [0.3, 0.4) is 0 Å². The Balaban J connectivity index is 2.61. The van der Waals surface area contributed by atoms with Gasteiger partial charge >= 0.3 is 0 Å². The van der Waals surface area contributed by atoms with Gasteiger partial charge in [-0.15, -0.1) is 0 Å². The number of sulfonamides is 1. The SMILES string of the molecule is CCCC(CCN)CNS(=O)(=O)c1ccccc1. The van der Waals surface area contributed by atoms with Crippen molar-refractivity contribution in [2.45, 2.75) is 31.1 Å². The lowest BCUT2D eigenvalue weighted by Gasteiger charge is -2.16. The van der Waals surface area contributed by atoms with Crippen LogP contribution in [0.25, 0.3) is 0 Å². The van der Waals surface area contributed by atoms with Crippen LogP contribution in [0.15, 0.2) is 35.2 Å². The second-order valence-electron chi connectivity index (χ2n) is 4.40. The highest BCUT2D eigenvalue weighted by Gasteiger charge is 2.15. The standard InChI is InChI=1S/C13H22N2O2S/c1-2-6-12(9-10-14)11-15-18(16,17)13-7-4-3-5-8-13/h3-5,7-8,12,15H,2,6,9-11,14H2,1H3. The first-order chi connectivity index (χ1) is 8.60. The van der Waals surface area contributed by atoms with Crippen molar-refractivity contribution in [3.63, 3.8) is 0 Å². The zero-order valence-corrected chi connectivity index (χ0v) is 11.6. The number of nitrogens with two attached hydrogens (primary N) is 1. The number of hydrogen-bond donors (Lipinski definition) is 2. The summed E-state index contributed by atoms with van der Waals surface area (Å²) in [6, 6.07) is 8.43. The molecule has 0 spiro atoms.